The van der Waals surface area contributed by atoms with Gasteiger partial charge in [0.1, 0.15) is 11.5 Å². The SMILES string of the molecule is COc1ccc2c(c1)C=C([N+](=O)[O-])[C@@H](c1ccccc1)O2. The van der Waals surface area contributed by atoms with Gasteiger partial charge in [-0.15, -0.1) is 0 Å². The first kappa shape index (κ1) is 13.2. The first-order chi connectivity index (χ1) is 10.2. The Bertz CT molecular complexity index is 709. The minimum Gasteiger partial charge on any atom is -0.497 e. The molecule has 5 heteroatoms. The van der Waals surface area contributed by atoms with Gasteiger partial charge in [0.25, 0.3) is 5.70 Å². The first-order valence-electron chi connectivity index (χ1n) is 6.44. The number of hydrogen-bond donors (Lipinski definition) is 0. The van der Waals surface area contributed by atoms with Crippen LogP contribution in [-0.4, -0.2) is 12.0 Å². The normalized spacial score (nSPS) is 16.4. The van der Waals surface area contributed by atoms with Crippen LogP contribution in [0.4, 0.5) is 0 Å². The lowest BCUT2D eigenvalue weighted by Crippen LogP contribution is -2.19. The summed E-state index contributed by atoms with van der Waals surface area (Å²) in [6, 6.07) is 14.4. The summed E-state index contributed by atoms with van der Waals surface area (Å²) >= 11 is 0. The molecule has 3 rings (SSSR count). The van der Waals surface area contributed by atoms with Gasteiger partial charge in [-0.25, -0.2) is 0 Å². The van der Waals surface area contributed by atoms with Crippen molar-refractivity contribution in [2.75, 3.05) is 7.11 Å². The van der Waals surface area contributed by atoms with Crippen LogP contribution >= 0.6 is 0 Å². The minimum atomic E-state index is -0.706. The van der Waals surface area contributed by atoms with E-state index < -0.39 is 11.0 Å². The lowest BCUT2D eigenvalue weighted by Gasteiger charge is -2.23. The molecule has 0 aromatic heterocycles. The zero-order chi connectivity index (χ0) is 14.8. The van der Waals surface area contributed by atoms with Gasteiger partial charge < -0.3 is 9.47 Å². The van der Waals surface area contributed by atoms with Crippen LogP contribution in [0, 0.1) is 10.1 Å². The van der Waals surface area contributed by atoms with Crippen molar-refractivity contribution in [1.29, 1.82) is 0 Å². The van der Waals surface area contributed by atoms with Crippen LogP contribution in [0.5, 0.6) is 11.5 Å². The van der Waals surface area contributed by atoms with E-state index in [-0.39, 0.29) is 5.70 Å². The number of nitro groups is 1. The summed E-state index contributed by atoms with van der Waals surface area (Å²) < 4.78 is 11.0. The van der Waals surface area contributed by atoms with Gasteiger partial charge in [0, 0.05) is 17.2 Å². The van der Waals surface area contributed by atoms with E-state index in [2.05, 4.69) is 0 Å². The maximum atomic E-state index is 11.3. The fourth-order valence-corrected chi connectivity index (χ4v) is 2.31. The molecule has 0 saturated carbocycles. The second-order valence-corrected chi connectivity index (χ2v) is 4.64. The number of benzene rings is 2. The topological polar surface area (TPSA) is 61.6 Å². The van der Waals surface area contributed by atoms with Crippen LogP contribution in [0.1, 0.15) is 17.2 Å². The van der Waals surface area contributed by atoms with Gasteiger partial charge in [0.15, 0.2) is 0 Å². The Morgan fingerprint density at radius 1 is 1.19 bits per heavy atom. The zero-order valence-corrected chi connectivity index (χ0v) is 11.4. The first-order valence-corrected chi connectivity index (χ1v) is 6.44. The van der Waals surface area contributed by atoms with Crippen LogP contribution in [0.3, 0.4) is 0 Å². The van der Waals surface area contributed by atoms with Crippen LogP contribution in [-0.2, 0) is 0 Å². The number of nitrogens with zero attached hydrogens (tertiary/aromatic N) is 1. The molecule has 5 nitrogen and oxygen atoms in total. The maximum absolute atomic E-state index is 11.3. The van der Waals surface area contributed by atoms with Crippen molar-refractivity contribution in [1.82, 2.24) is 0 Å². The van der Waals surface area contributed by atoms with Crippen LogP contribution in [0.2, 0.25) is 0 Å². The largest absolute Gasteiger partial charge is 0.497 e. The average Bonchev–Trinajstić information content (AvgIpc) is 2.53. The summed E-state index contributed by atoms with van der Waals surface area (Å²) in [6.45, 7) is 0. The lowest BCUT2D eigenvalue weighted by atomic mass is 10.0. The van der Waals surface area contributed by atoms with E-state index in [0.717, 1.165) is 5.56 Å². The van der Waals surface area contributed by atoms with Crippen molar-refractivity contribution < 1.29 is 14.4 Å². The third-order valence-corrected chi connectivity index (χ3v) is 3.35. The highest BCUT2D eigenvalue weighted by Crippen LogP contribution is 2.38. The van der Waals surface area contributed by atoms with Crippen molar-refractivity contribution >= 4 is 6.08 Å². The highest BCUT2D eigenvalue weighted by Gasteiger charge is 2.33. The smallest absolute Gasteiger partial charge is 0.291 e. The van der Waals surface area contributed by atoms with E-state index >= 15 is 0 Å². The molecule has 1 heterocycles. The monoisotopic (exact) mass is 283 g/mol. The maximum Gasteiger partial charge on any atom is 0.291 e. The molecule has 0 bridgehead atoms. The molecule has 0 amide bonds. The number of hydrogen-bond acceptors (Lipinski definition) is 4. The van der Waals surface area contributed by atoms with E-state index in [4.69, 9.17) is 9.47 Å². The number of fused-ring (bicyclic) bond motifs is 1. The van der Waals surface area contributed by atoms with Gasteiger partial charge in [-0.1, -0.05) is 30.3 Å². The molecule has 21 heavy (non-hydrogen) atoms. The molecular formula is C16H13NO4. The van der Waals surface area contributed by atoms with Gasteiger partial charge in [-0.3, -0.25) is 10.1 Å². The standard InChI is InChI=1S/C16H13NO4/c1-20-13-7-8-15-12(9-13)10-14(17(18)19)16(21-15)11-5-3-2-4-6-11/h2-10,16H,1H3/t16-/m1/s1. The predicted molar refractivity (Wildman–Crippen MR) is 77.8 cm³/mol. The molecule has 0 N–H and O–H groups in total. The Hall–Kier alpha value is -2.82. The van der Waals surface area contributed by atoms with Crippen molar-refractivity contribution in [3.8, 4) is 11.5 Å². The third kappa shape index (κ3) is 2.45. The van der Waals surface area contributed by atoms with Gasteiger partial charge in [0.05, 0.1) is 12.0 Å². The van der Waals surface area contributed by atoms with E-state index in [1.165, 1.54) is 0 Å². The predicted octanol–water partition coefficient (Wildman–Crippen LogP) is 3.45. The highest BCUT2D eigenvalue weighted by molar-refractivity contribution is 5.64. The zero-order valence-electron chi connectivity index (χ0n) is 11.4. The number of rotatable bonds is 3. The molecule has 0 aliphatic carbocycles. The second-order valence-electron chi connectivity index (χ2n) is 4.64. The Kier molecular flexibility index (Phi) is 3.31. The summed E-state index contributed by atoms with van der Waals surface area (Å²) in [4.78, 5) is 10.9. The molecule has 0 radical (unpaired) electrons. The van der Waals surface area contributed by atoms with E-state index in [9.17, 15) is 10.1 Å². The van der Waals surface area contributed by atoms with Gasteiger partial charge in [-0.05, 0) is 18.2 Å². The molecule has 0 unspecified atom stereocenters. The summed E-state index contributed by atoms with van der Waals surface area (Å²) in [5, 5.41) is 11.3. The van der Waals surface area contributed by atoms with E-state index in [0.29, 0.717) is 17.1 Å². The summed E-state index contributed by atoms with van der Waals surface area (Å²) in [7, 11) is 1.55. The Balaban J connectivity index is 2.08. The molecule has 1 atom stereocenters. The fraction of sp³-hybridized carbons (Fsp3) is 0.125. The lowest BCUT2D eigenvalue weighted by molar-refractivity contribution is -0.434. The number of ether oxygens (including phenoxy) is 2. The number of methoxy groups -OCH3 is 1. The van der Waals surface area contributed by atoms with Crippen LogP contribution in [0.15, 0.2) is 54.2 Å². The molecule has 2 aromatic carbocycles. The Labute approximate surface area is 121 Å². The summed E-state index contributed by atoms with van der Waals surface area (Å²) in [5.74, 6) is 1.24. The van der Waals surface area contributed by atoms with Gasteiger partial charge in [-0.2, -0.15) is 0 Å². The third-order valence-electron chi connectivity index (χ3n) is 3.35. The highest BCUT2D eigenvalue weighted by atomic mass is 16.6. The van der Waals surface area contributed by atoms with E-state index in [1.807, 2.05) is 30.3 Å². The average molecular weight is 283 g/mol. The molecule has 1 aliphatic heterocycles. The molecule has 0 spiro atoms. The van der Waals surface area contributed by atoms with Gasteiger partial charge >= 0.3 is 0 Å². The van der Waals surface area contributed by atoms with Crippen LogP contribution < -0.4 is 9.47 Å². The minimum absolute atomic E-state index is 0.0157. The van der Waals surface area contributed by atoms with Crippen molar-refractivity contribution in [3.63, 3.8) is 0 Å². The molecule has 106 valence electrons. The molecule has 0 saturated heterocycles. The quantitative estimate of drug-likeness (QED) is 0.639. The van der Waals surface area contributed by atoms with Crippen LogP contribution in [0.25, 0.3) is 6.08 Å². The second kappa shape index (κ2) is 5.28. The Morgan fingerprint density at radius 2 is 1.95 bits per heavy atom. The van der Waals surface area contributed by atoms with Crippen molar-refractivity contribution in [2.24, 2.45) is 0 Å². The fourth-order valence-electron chi connectivity index (χ4n) is 2.31. The molecule has 2 aromatic rings. The summed E-state index contributed by atoms with van der Waals surface area (Å²) in [5.41, 5.74) is 1.41. The Morgan fingerprint density at radius 3 is 2.62 bits per heavy atom. The van der Waals surface area contributed by atoms with E-state index in [1.54, 1.807) is 31.4 Å². The summed E-state index contributed by atoms with van der Waals surface area (Å²) in [6.07, 6.45) is 0.834. The molecule has 1 aliphatic rings. The van der Waals surface area contributed by atoms with Crippen molar-refractivity contribution in [3.05, 3.63) is 75.5 Å². The molecule has 0 fully saturated rings. The van der Waals surface area contributed by atoms with Gasteiger partial charge in [0.2, 0.25) is 6.10 Å². The van der Waals surface area contributed by atoms with Crippen molar-refractivity contribution in [2.45, 2.75) is 6.10 Å². The molecular weight excluding hydrogens is 270 g/mol.